The van der Waals surface area contributed by atoms with Gasteiger partial charge in [0.25, 0.3) is 5.91 Å². The third kappa shape index (κ3) is 3.01. The maximum Gasteiger partial charge on any atom is 0.254 e. The molecule has 1 aromatic carbocycles. The molecular weight excluding hydrogens is 264 g/mol. The summed E-state index contributed by atoms with van der Waals surface area (Å²) in [5.41, 5.74) is 6.48. The van der Waals surface area contributed by atoms with Crippen LogP contribution in [-0.2, 0) is 4.74 Å². The number of hydrogen-bond acceptors (Lipinski definition) is 3. The Labute approximate surface area is 118 Å². The highest BCUT2D eigenvalue weighted by molar-refractivity contribution is 6.33. The van der Waals surface area contributed by atoms with Gasteiger partial charge in [-0.05, 0) is 38.0 Å². The molecule has 104 valence electrons. The molecule has 1 aliphatic heterocycles. The van der Waals surface area contributed by atoms with Gasteiger partial charge in [0, 0.05) is 25.8 Å². The van der Waals surface area contributed by atoms with Crippen LogP contribution in [-0.4, -0.2) is 36.6 Å². The molecule has 0 aromatic heterocycles. The molecule has 1 aromatic rings. The van der Waals surface area contributed by atoms with Crippen LogP contribution in [0.4, 0.5) is 5.69 Å². The van der Waals surface area contributed by atoms with E-state index in [1.807, 2.05) is 11.8 Å². The van der Waals surface area contributed by atoms with E-state index in [9.17, 15) is 4.79 Å². The summed E-state index contributed by atoms with van der Waals surface area (Å²) in [5, 5.41) is 0.469. The molecule has 0 aliphatic carbocycles. The van der Waals surface area contributed by atoms with E-state index in [0.29, 0.717) is 22.8 Å². The topological polar surface area (TPSA) is 55.6 Å². The predicted octanol–water partition coefficient (Wildman–Crippen LogP) is 2.56. The molecule has 19 heavy (non-hydrogen) atoms. The van der Waals surface area contributed by atoms with E-state index in [4.69, 9.17) is 22.1 Å². The van der Waals surface area contributed by atoms with E-state index in [-0.39, 0.29) is 11.5 Å². The number of ether oxygens (including phenoxy) is 1. The monoisotopic (exact) mass is 282 g/mol. The molecule has 0 saturated carbocycles. The van der Waals surface area contributed by atoms with Crippen molar-refractivity contribution < 1.29 is 9.53 Å². The number of benzene rings is 1. The number of hydrogen-bond donors (Lipinski definition) is 1. The maximum absolute atomic E-state index is 12.4. The van der Waals surface area contributed by atoms with E-state index < -0.39 is 0 Å². The summed E-state index contributed by atoms with van der Waals surface area (Å²) < 4.78 is 5.50. The van der Waals surface area contributed by atoms with Gasteiger partial charge in [0.1, 0.15) is 0 Å². The van der Waals surface area contributed by atoms with Crippen molar-refractivity contribution in [3.63, 3.8) is 0 Å². The number of anilines is 1. The zero-order chi connectivity index (χ0) is 14.0. The van der Waals surface area contributed by atoms with Gasteiger partial charge in [0.2, 0.25) is 0 Å². The van der Waals surface area contributed by atoms with E-state index >= 15 is 0 Å². The summed E-state index contributed by atoms with van der Waals surface area (Å²) >= 11 is 5.87. The van der Waals surface area contributed by atoms with E-state index in [2.05, 4.69) is 0 Å². The lowest BCUT2D eigenvalue weighted by atomic mass is 9.94. The first-order valence-corrected chi connectivity index (χ1v) is 6.72. The van der Waals surface area contributed by atoms with Gasteiger partial charge in [-0.15, -0.1) is 0 Å². The van der Waals surface area contributed by atoms with Gasteiger partial charge >= 0.3 is 0 Å². The van der Waals surface area contributed by atoms with Crippen molar-refractivity contribution in [1.82, 2.24) is 4.90 Å². The number of nitrogens with two attached hydrogens (primary N) is 1. The minimum absolute atomic E-state index is 0.0219. The first-order valence-electron chi connectivity index (χ1n) is 6.35. The van der Waals surface area contributed by atoms with Crippen LogP contribution in [0.1, 0.15) is 30.1 Å². The average Bonchev–Trinajstić information content (AvgIpc) is 2.41. The van der Waals surface area contributed by atoms with Crippen LogP contribution in [0.5, 0.6) is 0 Å². The molecule has 5 heteroatoms. The second-order valence-electron chi connectivity index (χ2n) is 5.22. The second-order valence-corrected chi connectivity index (χ2v) is 5.63. The molecule has 2 rings (SSSR count). The molecule has 0 radical (unpaired) electrons. The number of nitrogen functional groups attached to an aromatic ring is 1. The van der Waals surface area contributed by atoms with Crippen molar-refractivity contribution in [3.05, 3.63) is 28.8 Å². The molecule has 1 atom stereocenters. The summed E-state index contributed by atoms with van der Waals surface area (Å²) in [4.78, 5) is 14.3. The fourth-order valence-electron chi connectivity index (χ4n) is 2.41. The third-order valence-corrected chi connectivity index (χ3v) is 4.03. The molecule has 0 bridgehead atoms. The van der Waals surface area contributed by atoms with Crippen LogP contribution >= 0.6 is 11.6 Å². The van der Waals surface area contributed by atoms with E-state index in [1.165, 1.54) is 0 Å². The molecule has 0 spiro atoms. The standard InChI is InChI=1S/C14H19ClN2O2/c1-14(19-2)6-3-7-17(9-14)13(18)10-4-5-11(15)12(16)8-10/h4-5,8H,3,6-7,9,16H2,1-2H3. The van der Waals surface area contributed by atoms with Crippen LogP contribution in [0.15, 0.2) is 18.2 Å². The zero-order valence-corrected chi connectivity index (χ0v) is 12.0. The van der Waals surface area contributed by atoms with Crippen molar-refractivity contribution in [2.75, 3.05) is 25.9 Å². The molecule has 1 heterocycles. The van der Waals surface area contributed by atoms with Crippen molar-refractivity contribution >= 4 is 23.2 Å². The number of carbonyl (C=O) groups is 1. The summed E-state index contributed by atoms with van der Waals surface area (Å²) in [6.07, 6.45) is 1.91. The Morgan fingerprint density at radius 1 is 1.53 bits per heavy atom. The highest BCUT2D eigenvalue weighted by atomic mass is 35.5. The third-order valence-electron chi connectivity index (χ3n) is 3.68. The lowest BCUT2D eigenvalue weighted by Crippen LogP contribution is -2.49. The lowest BCUT2D eigenvalue weighted by Gasteiger charge is -2.39. The van der Waals surface area contributed by atoms with E-state index in [0.717, 1.165) is 19.4 Å². The van der Waals surface area contributed by atoms with Crippen molar-refractivity contribution in [3.8, 4) is 0 Å². The molecule has 2 N–H and O–H groups in total. The van der Waals surface area contributed by atoms with Crippen LogP contribution < -0.4 is 5.73 Å². The first-order chi connectivity index (χ1) is 8.95. The van der Waals surface area contributed by atoms with Crippen LogP contribution in [0, 0.1) is 0 Å². The van der Waals surface area contributed by atoms with Gasteiger partial charge in [-0.1, -0.05) is 11.6 Å². The number of rotatable bonds is 2. The second kappa shape index (κ2) is 5.39. The van der Waals surface area contributed by atoms with Gasteiger partial charge < -0.3 is 15.4 Å². The smallest absolute Gasteiger partial charge is 0.254 e. The molecule has 1 saturated heterocycles. The summed E-state index contributed by atoms with van der Waals surface area (Å²) in [6.45, 7) is 3.38. The van der Waals surface area contributed by atoms with Crippen molar-refractivity contribution in [2.24, 2.45) is 0 Å². The van der Waals surface area contributed by atoms with E-state index in [1.54, 1.807) is 25.3 Å². The van der Waals surface area contributed by atoms with Crippen molar-refractivity contribution in [1.29, 1.82) is 0 Å². The largest absolute Gasteiger partial charge is 0.398 e. The van der Waals surface area contributed by atoms with Gasteiger partial charge in [-0.25, -0.2) is 0 Å². The summed E-state index contributed by atoms with van der Waals surface area (Å²) in [7, 11) is 1.69. The molecular formula is C14H19ClN2O2. The molecule has 4 nitrogen and oxygen atoms in total. The number of amides is 1. The zero-order valence-electron chi connectivity index (χ0n) is 11.3. The highest BCUT2D eigenvalue weighted by Crippen LogP contribution is 2.26. The minimum Gasteiger partial charge on any atom is -0.398 e. The first kappa shape index (κ1) is 14.2. The normalized spacial score (nSPS) is 23.4. The van der Waals surface area contributed by atoms with Crippen LogP contribution in [0.3, 0.4) is 0 Å². The number of piperidine rings is 1. The van der Waals surface area contributed by atoms with Crippen molar-refractivity contribution in [2.45, 2.75) is 25.4 Å². The van der Waals surface area contributed by atoms with Gasteiger partial charge in [0.05, 0.1) is 16.3 Å². The number of likely N-dealkylation sites (tertiary alicyclic amines) is 1. The van der Waals surface area contributed by atoms with Crippen LogP contribution in [0.25, 0.3) is 0 Å². The Bertz CT molecular complexity index is 492. The fourth-order valence-corrected chi connectivity index (χ4v) is 2.52. The number of nitrogens with zero attached hydrogens (tertiary/aromatic N) is 1. The molecule has 1 unspecified atom stereocenters. The highest BCUT2D eigenvalue weighted by Gasteiger charge is 2.33. The predicted molar refractivity (Wildman–Crippen MR) is 76.4 cm³/mol. The maximum atomic E-state index is 12.4. The Hall–Kier alpha value is -1.26. The van der Waals surface area contributed by atoms with Gasteiger partial charge in [-0.2, -0.15) is 0 Å². The summed E-state index contributed by atoms with van der Waals surface area (Å²) in [5.74, 6) is -0.0219. The summed E-state index contributed by atoms with van der Waals surface area (Å²) in [6, 6.07) is 4.99. The molecule has 1 aliphatic rings. The van der Waals surface area contributed by atoms with Gasteiger partial charge in [-0.3, -0.25) is 4.79 Å². The van der Waals surface area contributed by atoms with Crippen LogP contribution in [0.2, 0.25) is 5.02 Å². The Kier molecular flexibility index (Phi) is 4.02. The number of methoxy groups -OCH3 is 1. The Morgan fingerprint density at radius 2 is 2.26 bits per heavy atom. The average molecular weight is 283 g/mol. The SMILES string of the molecule is COC1(C)CCCN(C(=O)c2ccc(Cl)c(N)c2)C1. The fraction of sp³-hybridized carbons (Fsp3) is 0.500. The quantitative estimate of drug-likeness (QED) is 0.848. The Balaban J connectivity index is 2.17. The number of halogens is 1. The minimum atomic E-state index is -0.258. The lowest BCUT2D eigenvalue weighted by molar-refractivity contribution is -0.0440. The number of carbonyl (C=O) groups excluding carboxylic acids is 1. The molecule has 1 amide bonds. The molecule has 1 fully saturated rings. The van der Waals surface area contributed by atoms with Gasteiger partial charge in [0.15, 0.2) is 0 Å². The Morgan fingerprint density at radius 3 is 2.89 bits per heavy atom.